The Morgan fingerprint density at radius 2 is 1.52 bits per heavy atom. The Morgan fingerprint density at radius 3 is 1.98 bits per heavy atom. The lowest BCUT2D eigenvalue weighted by molar-refractivity contribution is -0.146. The topological polar surface area (TPSA) is 174 Å². The summed E-state index contributed by atoms with van der Waals surface area (Å²) in [7, 11) is -2.19. The van der Waals surface area contributed by atoms with Gasteiger partial charge < -0.3 is 26.2 Å². The Morgan fingerprint density at radius 1 is 0.940 bits per heavy atom. The molecule has 0 aromatic heterocycles. The number of hydrogen-bond acceptors (Lipinski definition) is 7. The highest BCUT2D eigenvalue weighted by molar-refractivity contribution is 7.90. The van der Waals surface area contributed by atoms with Crippen LogP contribution in [0.1, 0.15) is 95.4 Å². The van der Waals surface area contributed by atoms with Gasteiger partial charge in [-0.25, -0.2) is 17.5 Å². The quantitative estimate of drug-likeness (QED) is 0.167. The number of hydrogen-bond donors (Lipinski definition) is 4. The molecule has 0 aromatic rings. The third-order valence-corrected chi connectivity index (χ3v) is 13.5. The van der Waals surface area contributed by atoms with Gasteiger partial charge in [0.1, 0.15) is 18.1 Å². The van der Waals surface area contributed by atoms with E-state index in [0.29, 0.717) is 19.4 Å². The van der Waals surface area contributed by atoms with Gasteiger partial charge in [0.05, 0.1) is 4.75 Å². The maximum atomic E-state index is 14.4. The molecule has 1 saturated heterocycles. The number of carbonyl (C=O) groups excluding carboxylic acids is 5. The minimum absolute atomic E-state index is 0.0178. The van der Waals surface area contributed by atoms with E-state index in [0.717, 1.165) is 6.42 Å². The highest BCUT2D eigenvalue weighted by Gasteiger charge is 2.70. The van der Waals surface area contributed by atoms with E-state index >= 15 is 0 Å². The molecule has 0 aromatic carbocycles. The zero-order valence-electron chi connectivity index (χ0n) is 32.2. The fraction of sp³-hybridized carbons (Fsp3) is 0.806. The molecule has 1 unspecified atom stereocenters. The highest BCUT2D eigenvalue weighted by Crippen LogP contribution is 2.65. The Hall–Kier alpha value is -3.00. The number of carbonyl (C=O) groups is 5. The average Bonchev–Trinajstić information content (AvgIpc) is 3.25. The molecule has 6 atom stereocenters. The van der Waals surface area contributed by atoms with Gasteiger partial charge in [0.25, 0.3) is 5.91 Å². The molecule has 1 heterocycles. The minimum Gasteiger partial charge on any atom is -0.346 e. The number of amides is 5. The summed E-state index contributed by atoms with van der Waals surface area (Å²) in [6, 6.07) is -4.17. The summed E-state index contributed by atoms with van der Waals surface area (Å²) in [5.41, 5.74) is -1.52. The third kappa shape index (κ3) is 8.71. The van der Waals surface area contributed by atoms with Gasteiger partial charge in [0.15, 0.2) is 0 Å². The fourth-order valence-corrected chi connectivity index (χ4v) is 8.40. The molecule has 0 bridgehead atoms. The summed E-state index contributed by atoms with van der Waals surface area (Å²) in [6.45, 7) is 24.1. The van der Waals surface area contributed by atoms with Crippen molar-refractivity contribution < 1.29 is 32.4 Å². The molecule has 4 N–H and O–H groups in total. The number of sulfonamides is 1. The molecule has 0 radical (unpaired) electrons. The van der Waals surface area contributed by atoms with Crippen LogP contribution in [-0.4, -0.2) is 103 Å². The standard InChI is InChI=1S/C36H62N6O7S/c1-14-18-37-30(45)27(43)25(21-16-15-17-21)39-29(44)26-24-22(36(24,11)12)19-42(26)31(46)28(34(5,6)7)40-32(47)38-23(33(2,3)4)20-41(13)50(48,49)35(8,9)10/h14,21-26,28H,1,15-20H2,2-13H3,(H,37,45)(H,39,44)(H2,38,40,47)/t22-,23+,24-,25?,26-,28+/m0/s1. The largest absolute Gasteiger partial charge is 0.346 e. The Balaban J connectivity index is 1.85. The first-order valence-corrected chi connectivity index (χ1v) is 19.2. The van der Waals surface area contributed by atoms with Crippen LogP contribution in [0.25, 0.3) is 0 Å². The summed E-state index contributed by atoms with van der Waals surface area (Å²) >= 11 is 0. The molecule has 1 aliphatic heterocycles. The van der Waals surface area contributed by atoms with Crippen LogP contribution in [0, 0.1) is 34.0 Å². The van der Waals surface area contributed by atoms with Crippen LogP contribution in [0.5, 0.6) is 0 Å². The maximum absolute atomic E-state index is 14.4. The molecule has 2 aliphatic carbocycles. The van der Waals surface area contributed by atoms with Crippen molar-refractivity contribution in [3.8, 4) is 0 Å². The fourth-order valence-electron chi connectivity index (χ4n) is 7.12. The normalized spacial score (nSPS) is 23.9. The summed E-state index contributed by atoms with van der Waals surface area (Å²) in [6.07, 6.45) is 3.77. The second kappa shape index (κ2) is 14.6. The van der Waals surface area contributed by atoms with Crippen LogP contribution in [-0.2, 0) is 29.2 Å². The first kappa shape index (κ1) is 41.4. The monoisotopic (exact) mass is 722 g/mol. The van der Waals surface area contributed by atoms with Crippen LogP contribution in [0.3, 0.4) is 0 Å². The van der Waals surface area contributed by atoms with E-state index < -0.39 is 79.3 Å². The molecule has 3 aliphatic rings. The molecule has 2 saturated carbocycles. The minimum atomic E-state index is -3.67. The first-order valence-electron chi connectivity index (χ1n) is 17.7. The number of likely N-dealkylation sites (tertiary alicyclic amines) is 1. The van der Waals surface area contributed by atoms with Crippen LogP contribution in [0.4, 0.5) is 4.79 Å². The Labute approximate surface area is 299 Å². The molecule has 50 heavy (non-hydrogen) atoms. The molecular formula is C36H62N6O7S. The lowest BCUT2D eigenvalue weighted by atomic mass is 9.77. The van der Waals surface area contributed by atoms with Crippen LogP contribution < -0.4 is 21.3 Å². The second-order valence-corrected chi connectivity index (χ2v) is 21.0. The number of fused-ring (bicyclic) bond motifs is 1. The molecule has 14 heteroatoms. The lowest BCUT2D eigenvalue weighted by Gasteiger charge is -2.40. The van der Waals surface area contributed by atoms with Gasteiger partial charge in [-0.2, -0.15) is 0 Å². The van der Waals surface area contributed by atoms with Gasteiger partial charge in [-0.3, -0.25) is 19.2 Å². The van der Waals surface area contributed by atoms with Gasteiger partial charge in [0, 0.05) is 32.7 Å². The predicted octanol–water partition coefficient (Wildman–Crippen LogP) is 2.81. The van der Waals surface area contributed by atoms with Crippen molar-refractivity contribution in [3.63, 3.8) is 0 Å². The van der Waals surface area contributed by atoms with Crippen molar-refractivity contribution in [2.24, 2.45) is 34.0 Å². The van der Waals surface area contributed by atoms with E-state index in [-0.39, 0.29) is 36.3 Å². The van der Waals surface area contributed by atoms with E-state index in [2.05, 4.69) is 41.7 Å². The SMILES string of the molecule is C=CCNC(=O)C(=O)C(NC(=O)[C@@H]1[C@@H]2[C@H](CN1C(=O)[C@@H](NC(=O)N[C@H](CN(C)S(=O)(=O)C(C)(C)C)C(C)(C)C)C(C)(C)C)C2(C)C)C1CCC1. The smallest absolute Gasteiger partial charge is 0.315 e. The summed E-state index contributed by atoms with van der Waals surface area (Å²) in [5, 5.41) is 11.2. The molecule has 5 amide bonds. The van der Waals surface area contributed by atoms with Crippen LogP contribution in [0.2, 0.25) is 0 Å². The van der Waals surface area contributed by atoms with Crippen LogP contribution in [0.15, 0.2) is 12.7 Å². The van der Waals surface area contributed by atoms with E-state index in [4.69, 9.17) is 0 Å². The molecule has 284 valence electrons. The van der Waals surface area contributed by atoms with E-state index in [1.165, 1.54) is 22.3 Å². The number of nitrogens with zero attached hydrogens (tertiary/aromatic N) is 2. The van der Waals surface area contributed by atoms with Gasteiger partial charge in [-0.1, -0.05) is 67.9 Å². The van der Waals surface area contributed by atoms with Crippen molar-refractivity contribution in [1.29, 1.82) is 0 Å². The molecule has 0 spiro atoms. The van der Waals surface area contributed by atoms with E-state index in [1.807, 2.05) is 41.5 Å². The number of nitrogens with one attached hydrogen (secondary N) is 4. The Kier molecular flexibility index (Phi) is 12.1. The summed E-state index contributed by atoms with van der Waals surface area (Å²) in [5.74, 6) is -2.68. The van der Waals surface area contributed by atoms with Crippen LogP contribution >= 0.6 is 0 Å². The van der Waals surface area contributed by atoms with Gasteiger partial charge in [0.2, 0.25) is 27.6 Å². The van der Waals surface area contributed by atoms with Gasteiger partial charge in [-0.15, -0.1) is 6.58 Å². The van der Waals surface area contributed by atoms with Crippen molar-refractivity contribution in [2.45, 2.75) is 124 Å². The number of rotatable bonds is 13. The molecule has 3 fully saturated rings. The van der Waals surface area contributed by atoms with Crippen molar-refractivity contribution >= 4 is 39.6 Å². The van der Waals surface area contributed by atoms with Crippen molar-refractivity contribution in [2.75, 3.05) is 26.7 Å². The number of Topliss-reactive ketones (excluding diaryl/α,β-unsaturated/α-hetero) is 1. The molecule has 13 nitrogen and oxygen atoms in total. The first-order chi connectivity index (χ1) is 22.7. The number of likely N-dealkylation sites (N-methyl/N-ethyl adjacent to an activating group) is 1. The number of urea groups is 1. The van der Waals surface area contributed by atoms with Gasteiger partial charge in [-0.05, 0) is 67.6 Å². The second-order valence-electron chi connectivity index (χ2n) is 18.2. The maximum Gasteiger partial charge on any atom is 0.315 e. The predicted molar refractivity (Wildman–Crippen MR) is 193 cm³/mol. The zero-order chi connectivity index (χ0) is 38.4. The van der Waals surface area contributed by atoms with Crippen molar-refractivity contribution in [1.82, 2.24) is 30.5 Å². The van der Waals surface area contributed by atoms with E-state index in [9.17, 15) is 32.4 Å². The highest BCUT2D eigenvalue weighted by atomic mass is 32.2. The Bertz CT molecular complexity index is 1450. The van der Waals surface area contributed by atoms with Crippen molar-refractivity contribution in [3.05, 3.63) is 12.7 Å². The molecular weight excluding hydrogens is 660 g/mol. The van der Waals surface area contributed by atoms with E-state index in [1.54, 1.807) is 20.8 Å². The third-order valence-electron chi connectivity index (χ3n) is 11.0. The zero-order valence-corrected chi connectivity index (χ0v) is 33.0. The summed E-state index contributed by atoms with van der Waals surface area (Å²) in [4.78, 5) is 69.6. The summed E-state index contributed by atoms with van der Waals surface area (Å²) < 4.78 is 26.5. The molecule has 3 rings (SSSR count). The van der Waals surface area contributed by atoms with Gasteiger partial charge >= 0.3 is 6.03 Å². The number of piperidine rings is 1. The number of ketones is 1. The lowest BCUT2D eigenvalue weighted by Crippen LogP contribution is -2.63. The average molecular weight is 723 g/mol.